The van der Waals surface area contributed by atoms with E-state index < -0.39 is 5.60 Å². The smallest absolute Gasteiger partial charge is 0.410 e. The topological polar surface area (TPSA) is 49.9 Å². The summed E-state index contributed by atoms with van der Waals surface area (Å²) in [6.45, 7) is 8.90. The maximum absolute atomic E-state index is 12.0. The van der Waals surface area contributed by atoms with E-state index in [2.05, 4.69) is 12.6 Å². The van der Waals surface area contributed by atoms with E-state index in [-0.39, 0.29) is 12.0 Å². The first-order chi connectivity index (χ1) is 10.8. The van der Waals surface area contributed by atoms with Crippen molar-refractivity contribution < 1.29 is 14.3 Å². The number of ether oxygens (including phenoxy) is 1. The summed E-state index contributed by atoms with van der Waals surface area (Å²) in [7, 11) is 0. The van der Waals surface area contributed by atoms with Gasteiger partial charge in [0.25, 0.3) is 0 Å². The van der Waals surface area contributed by atoms with Crippen molar-refractivity contribution in [1.29, 1.82) is 0 Å². The third kappa shape index (κ3) is 5.59. The second-order valence-corrected chi connectivity index (χ2v) is 8.16. The van der Waals surface area contributed by atoms with E-state index >= 15 is 0 Å². The number of likely N-dealkylation sites (tertiary alicyclic amines) is 2. The molecule has 0 saturated carbocycles. The van der Waals surface area contributed by atoms with E-state index in [1.165, 1.54) is 0 Å². The molecule has 0 bridgehead atoms. The summed E-state index contributed by atoms with van der Waals surface area (Å²) in [6, 6.07) is 0. The highest BCUT2D eigenvalue weighted by Crippen LogP contribution is 2.25. The zero-order chi connectivity index (χ0) is 17.0. The Balaban J connectivity index is 1.69. The van der Waals surface area contributed by atoms with Crippen LogP contribution in [-0.4, -0.2) is 59.3 Å². The predicted molar refractivity (Wildman–Crippen MR) is 93.7 cm³/mol. The van der Waals surface area contributed by atoms with Gasteiger partial charge in [0, 0.05) is 32.6 Å². The van der Waals surface area contributed by atoms with Crippen molar-refractivity contribution in [2.75, 3.05) is 31.9 Å². The van der Waals surface area contributed by atoms with Crippen molar-refractivity contribution in [2.24, 2.45) is 11.8 Å². The van der Waals surface area contributed by atoms with Crippen LogP contribution in [0.15, 0.2) is 0 Å². The van der Waals surface area contributed by atoms with Gasteiger partial charge in [0.05, 0.1) is 0 Å². The summed E-state index contributed by atoms with van der Waals surface area (Å²) >= 11 is 4.30. The molecule has 6 heteroatoms. The summed E-state index contributed by atoms with van der Waals surface area (Å²) < 4.78 is 5.42. The van der Waals surface area contributed by atoms with Gasteiger partial charge in [-0.3, -0.25) is 4.79 Å². The molecule has 1 unspecified atom stereocenters. The molecule has 2 saturated heterocycles. The average molecular weight is 343 g/mol. The van der Waals surface area contributed by atoms with E-state index in [0.29, 0.717) is 18.3 Å². The van der Waals surface area contributed by atoms with Crippen molar-refractivity contribution in [2.45, 2.75) is 52.1 Å². The van der Waals surface area contributed by atoms with Crippen molar-refractivity contribution in [3.05, 3.63) is 0 Å². The Labute approximate surface area is 145 Å². The second-order valence-electron chi connectivity index (χ2n) is 7.79. The molecule has 2 amide bonds. The molecule has 1 atom stereocenters. The summed E-state index contributed by atoms with van der Waals surface area (Å²) in [5, 5.41) is 0. The molecule has 2 rings (SSSR count). The second kappa shape index (κ2) is 7.77. The van der Waals surface area contributed by atoms with Crippen LogP contribution < -0.4 is 0 Å². The van der Waals surface area contributed by atoms with E-state index in [9.17, 15) is 9.59 Å². The molecule has 0 aliphatic carbocycles. The number of carbonyl (C=O) groups excluding carboxylic acids is 2. The molecule has 0 spiro atoms. The molecular formula is C17H30N2O3S. The molecule has 2 aliphatic heterocycles. The Morgan fingerprint density at radius 2 is 1.91 bits per heavy atom. The predicted octanol–water partition coefficient (Wildman–Crippen LogP) is 2.80. The van der Waals surface area contributed by atoms with Gasteiger partial charge in [0.2, 0.25) is 5.91 Å². The number of rotatable bonds is 4. The number of hydrogen-bond donors (Lipinski definition) is 1. The SMILES string of the molecule is CC(C)(C)OC(=O)N1CCC(CCN2CC(CS)CC2=O)CC1. The van der Waals surface area contributed by atoms with Gasteiger partial charge in [-0.05, 0) is 57.6 Å². The molecular weight excluding hydrogens is 312 g/mol. The lowest BCUT2D eigenvalue weighted by atomic mass is 9.93. The molecule has 2 heterocycles. The maximum atomic E-state index is 12.0. The maximum Gasteiger partial charge on any atom is 0.410 e. The van der Waals surface area contributed by atoms with Crippen LogP contribution in [-0.2, 0) is 9.53 Å². The zero-order valence-electron chi connectivity index (χ0n) is 14.6. The van der Waals surface area contributed by atoms with Crippen LogP contribution in [0.2, 0.25) is 0 Å². The van der Waals surface area contributed by atoms with E-state index in [1.54, 1.807) is 4.90 Å². The zero-order valence-corrected chi connectivity index (χ0v) is 15.5. The summed E-state index contributed by atoms with van der Waals surface area (Å²) in [4.78, 5) is 27.7. The lowest BCUT2D eigenvalue weighted by Crippen LogP contribution is -2.42. The van der Waals surface area contributed by atoms with Gasteiger partial charge in [0.1, 0.15) is 5.60 Å². The molecule has 0 aromatic carbocycles. The van der Waals surface area contributed by atoms with Crippen LogP contribution in [0.5, 0.6) is 0 Å². The number of hydrogen-bond acceptors (Lipinski definition) is 4. The normalized spacial score (nSPS) is 23.5. The van der Waals surface area contributed by atoms with E-state index in [4.69, 9.17) is 4.74 Å². The fraction of sp³-hybridized carbons (Fsp3) is 0.882. The third-order valence-electron chi connectivity index (χ3n) is 4.63. The standard InChI is InChI=1S/C17H30N2O3S/c1-17(2,3)22-16(21)18-7-4-13(5-8-18)6-9-19-11-14(12-23)10-15(19)20/h13-14,23H,4-12H2,1-3H3. The molecule has 0 aromatic heterocycles. The van der Waals surface area contributed by atoms with Crippen LogP contribution >= 0.6 is 12.6 Å². The molecule has 0 aromatic rings. The highest BCUT2D eigenvalue weighted by Gasteiger charge is 2.30. The Morgan fingerprint density at radius 3 is 2.43 bits per heavy atom. The Hall–Kier alpha value is -0.910. The summed E-state index contributed by atoms with van der Waals surface area (Å²) in [6.07, 6.45) is 3.48. The van der Waals surface area contributed by atoms with Crippen LogP contribution in [0.4, 0.5) is 4.79 Å². The molecule has 132 valence electrons. The molecule has 0 N–H and O–H groups in total. The van der Waals surface area contributed by atoms with Crippen LogP contribution in [0.3, 0.4) is 0 Å². The number of carbonyl (C=O) groups is 2. The van der Waals surface area contributed by atoms with Gasteiger partial charge in [-0.1, -0.05) is 0 Å². The molecule has 23 heavy (non-hydrogen) atoms. The fourth-order valence-electron chi connectivity index (χ4n) is 3.26. The lowest BCUT2D eigenvalue weighted by Gasteiger charge is -2.34. The molecule has 0 radical (unpaired) electrons. The highest BCUT2D eigenvalue weighted by molar-refractivity contribution is 7.80. The first-order valence-electron chi connectivity index (χ1n) is 8.65. The third-order valence-corrected chi connectivity index (χ3v) is 5.14. The van der Waals surface area contributed by atoms with Gasteiger partial charge >= 0.3 is 6.09 Å². The van der Waals surface area contributed by atoms with E-state index in [0.717, 1.165) is 51.2 Å². The van der Waals surface area contributed by atoms with Gasteiger partial charge in [-0.15, -0.1) is 0 Å². The van der Waals surface area contributed by atoms with Crippen LogP contribution in [0.25, 0.3) is 0 Å². The van der Waals surface area contributed by atoms with Crippen molar-refractivity contribution in [3.8, 4) is 0 Å². The average Bonchev–Trinajstić information content (AvgIpc) is 2.84. The first kappa shape index (κ1) is 18.4. The quantitative estimate of drug-likeness (QED) is 0.799. The molecule has 2 fully saturated rings. The molecule has 2 aliphatic rings. The minimum absolute atomic E-state index is 0.206. The van der Waals surface area contributed by atoms with Crippen LogP contribution in [0, 0.1) is 11.8 Å². The van der Waals surface area contributed by atoms with E-state index in [1.807, 2.05) is 25.7 Å². The first-order valence-corrected chi connectivity index (χ1v) is 9.28. The minimum Gasteiger partial charge on any atom is -0.444 e. The Kier molecular flexibility index (Phi) is 6.23. The Bertz CT molecular complexity index is 428. The molecule has 5 nitrogen and oxygen atoms in total. The number of piperidine rings is 1. The fourth-order valence-corrected chi connectivity index (χ4v) is 3.51. The van der Waals surface area contributed by atoms with Crippen LogP contribution in [0.1, 0.15) is 46.5 Å². The Morgan fingerprint density at radius 1 is 1.26 bits per heavy atom. The highest BCUT2D eigenvalue weighted by atomic mass is 32.1. The van der Waals surface area contributed by atoms with Gasteiger partial charge < -0.3 is 14.5 Å². The number of thiol groups is 1. The summed E-state index contributed by atoms with van der Waals surface area (Å²) in [5.74, 6) is 2.07. The monoisotopic (exact) mass is 342 g/mol. The largest absolute Gasteiger partial charge is 0.444 e. The minimum atomic E-state index is -0.437. The van der Waals surface area contributed by atoms with Crippen molar-refractivity contribution in [3.63, 3.8) is 0 Å². The van der Waals surface area contributed by atoms with Gasteiger partial charge in [0.15, 0.2) is 0 Å². The lowest BCUT2D eigenvalue weighted by molar-refractivity contribution is -0.127. The van der Waals surface area contributed by atoms with Gasteiger partial charge in [-0.25, -0.2) is 4.79 Å². The number of nitrogens with zero attached hydrogens (tertiary/aromatic N) is 2. The number of amides is 2. The van der Waals surface area contributed by atoms with Crippen molar-refractivity contribution >= 4 is 24.6 Å². The van der Waals surface area contributed by atoms with Gasteiger partial charge in [-0.2, -0.15) is 12.6 Å². The van der Waals surface area contributed by atoms with Crippen molar-refractivity contribution in [1.82, 2.24) is 9.80 Å². The summed E-state index contributed by atoms with van der Waals surface area (Å²) in [5.41, 5.74) is -0.437.